The van der Waals surface area contributed by atoms with E-state index in [2.05, 4.69) is 15.5 Å². The molecule has 0 aliphatic heterocycles. The molecule has 0 unspecified atom stereocenters. The van der Waals surface area contributed by atoms with Crippen LogP contribution < -0.4 is 10.9 Å². The summed E-state index contributed by atoms with van der Waals surface area (Å²) in [6.07, 6.45) is 0.819. The molecule has 4 aromatic rings. The van der Waals surface area contributed by atoms with E-state index in [0.29, 0.717) is 35.9 Å². The molecule has 1 N–H and O–H groups in total. The third-order valence-electron chi connectivity index (χ3n) is 5.44. The van der Waals surface area contributed by atoms with Crippen molar-refractivity contribution in [3.63, 3.8) is 0 Å². The number of aromatic nitrogens is 4. The highest BCUT2D eigenvalue weighted by Crippen LogP contribution is 2.23. The summed E-state index contributed by atoms with van der Waals surface area (Å²) in [4.78, 5) is 25.8. The first-order valence-electron chi connectivity index (χ1n) is 11.3. The maximum absolute atomic E-state index is 13.2. The Labute approximate surface area is 202 Å². The van der Waals surface area contributed by atoms with Gasteiger partial charge in [-0.15, -0.1) is 10.2 Å². The number of benzene rings is 2. The van der Waals surface area contributed by atoms with Crippen molar-refractivity contribution in [1.29, 1.82) is 0 Å². The topological polar surface area (TPSA) is 90.5 Å². The monoisotopic (exact) mass is 479 g/mol. The molecule has 0 saturated carbocycles. The first-order valence-corrected chi connectivity index (χ1v) is 12.3. The summed E-state index contributed by atoms with van der Waals surface area (Å²) in [5.74, 6) is 0.506. The van der Waals surface area contributed by atoms with Crippen molar-refractivity contribution in [2.75, 3.05) is 17.7 Å². The fourth-order valence-corrected chi connectivity index (χ4v) is 4.58. The van der Waals surface area contributed by atoms with Gasteiger partial charge in [0.2, 0.25) is 11.7 Å². The maximum Gasteiger partial charge on any atom is 0.262 e. The fourth-order valence-electron chi connectivity index (χ4n) is 3.84. The van der Waals surface area contributed by atoms with Crippen molar-refractivity contribution in [1.82, 2.24) is 19.2 Å². The van der Waals surface area contributed by atoms with Crippen LogP contribution in [0.3, 0.4) is 0 Å². The SMILES string of the molecule is Cc1ccc(NC(=O)CSc2nnc3n(CCCOC(C)C)c(=O)c4ccccc4n23)c(C)c1. The average molecular weight is 480 g/mol. The van der Waals surface area contributed by atoms with E-state index in [9.17, 15) is 9.59 Å². The maximum atomic E-state index is 13.2. The van der Waals surface area contributed by atoms with E-state index in [1.54, 1.807) is 10.6 Å². The van der Waals surface area contributed by atoms with Crippen molar-refractivity contribution in [3.05, 3.63) is 63.9 Å². The summed E-state index contributed by atoms with van der Waals surface area (Å²) < 4.78 is 9.12. The smallest absolute Gasteiger partial charge is 0.262 e. The third kappa shape index (κ3) is 5.15. The largest absolute Gasteiger partial charge is 0.379 e. The number of nitrogens with zero attached hydrogens (tertiary/aromatic N) is 4. The van der Waals surface area contributed by atoms with Crippen LogP contribution in [0.25, 0.3) is 16.7 Å². The fraction of sp³-hybridized carbons (Fsp3) is 0.360. The van der Waals surface area contributed by atoms with E-state index in [0.717, 1.165) is 22.3 Å². The Kier molecular flexibility index (Phi) is 7.33. The van der Waals surface area contributed by atoms with E-state index in [1.165, 1.54) is 11.8 Å². The zero-order valence-electron chi connectivity index (χ0n) is 19.9. The van der Waals surface area contributed by atoms with Crippen LogP contribution in [0, 0.1) is 13.8 Å². The predicted molar refractivity (Wildman–Crippen MR) is 136 cm³/mol. The molecule has 0 aliphatic carbocycles. The number of nitrogens with one attached hydrogen (secondary N) is 1. The number of ether oxygens (including phenoxy) is 1. The lowest BCUT2D eigenvalue weighted by Crippen LogP contribution is -2.24. The van der Waals surface area contributed by atoms with E-state index in [4.69, 9.17) is 4.74 Å². The Morgan fingerprint density at radius 3 is 2.71 bits per heavy atom. The number of thioether (sulfide) groups is 1. The first-order chi connectivity index (χ1) is 16.3. The minimum absolute atomic E-state index is 0.107. The minimum Gasteiger partial charge on any atom is -0.379 e. The van der Waals surface area contributed by atoms with Gasteiger partial charge in [0.05, 0.1) is 22.8 Å². The number of carbonyl (C=O) groups excluding carboxylic acids is 1. The van der Waals surface area contributed by atoms with Crippen LogP contribution in [-0.2, 0) is 16.1 Å². The van der Waals surface area contributed by atoms with Crippen molar-refractivity contribution >= 4 is 40.0 Å². The first kappa shape index (κ1) is 24.0. The predicted octanol–water partition coefficient (Wildman–Crippen LogP) is 4.21. The van der Waals surface area contributed by atoms with Crippen LogP contribution in [0.5, 0.6) is 0 Å². The molecule has 9 heteroatoms. The summed E-state index contributed by atoms with van der Waals surface area (Å²) >= 11 is 1.29. The number of para-hydroxylation sites is 1. The lowest BCUT2D eigenvalue weighted by atomic mass is 10.1. The Morgan fingerprint density at radius 2 is 1.94 bits per heavy atom. The van der Waals surface area contributed by atoms with Gasteiger partial charge >= 0.3 is 0 Å². The molecule has 0 bridgehead atoms. The van der Waals surface area contributed by atoms with Gasteiger partial charge in [-0.3, -0.25) is 18.6 Å². The van der Waals surface area contributed by atoms with E-state index >= 15 is 0 Å². The number of hydrogen-bond acceptors (Lipinski definition) is 6. The number of anilines is 1. The lowest BCUT2D eigenvalue weighted by molar-refractivity contribution is -0.113. The molecule has 2 heterocycles. The normalized spacial score (nSPS) is 11.6. The molecular formula is C25H29N5O3S. The van der Waals surface area contributed by atoms with Crippen LogP contribution in [0.2, 0.25) is 0 Å². The Bertz CT molecular complexity index is 1390. The second-order valence-corrected chi connectivity index (χ2v) is 9.46. The number of aryl methyl sites for hydroxylation is 3. The molecule has 34 heavy (non-hydrogen) atoms. The van der Waals surface area contributed by atoms with Crippen molar-refractivity contribution in [2.24, 2.45) is 0 Å². The zero-order valence-corrected chi connectivity index (χ0v) is 20.7. The average Bonchev–Trinajstić information content (AvgIpc) is 3.23. The van der Waals surface area contributed by atoms with Gasteiger partial charge in [-0.05, 0) is 57.9 Å². The quantitative estimate of drug-likeness (QED) is 0.286. The molecule has 2 aromatic heterocycles. The van der Waals surface area contributed by atoms with Gasteiger partial charge < -0.3 is 10.1 Å². The molecule has 8 nitrogen and oxygen atoms in total. The molecular weight excluding hydrogens is 450 g/mol. The number of hydrogen-bond donors (Lipinski definition) is 1. The highest BCUT2D eigenvalue weighted by atomic mass is 32.2. The summed E-state index contributed by atoms with van der Waals surface area (Å²) in [6, 6.07) is 13.3. The van der Waals surface area contributed by atoms with Gasteiger partial charge in [-0.2, -0.15) is 0 Å². The van der Waals surface area contributed by atoms with Gasteiger partial charge in [0, 0.05) is 18.8 Å². The molecule has 0 fully saturated rings. The van der Waals surface area contributed by atoms with Gasteiger partial charge in [-0.25, -0.2) is 0 Å². The molecule has 2 aromatic carbocycles. The van der Waals surface area contributed by atoms with Crippen molar-refractivity contribution < 1.29 is 9.53 Å². The summed E-state index contributed by atoms with van der Waals surface area (Å²) in [5.41, 5.74) is 3.57. The Hall–Kier alpha value is -3.17. The summed E-state index contributed by atoms with van der Waals surface area (Å²) in [5, 5.41) is 12.7. The molecule has 0 saturated heterocycles. The van der Waals surface area contributed by atoms with Crippen molar-refractivity contribution in [3.8, 4) is 0 Å². The Balaban J connectivity index is 1.59. The molecule has 0 radical (unpaired) electrons. The van der Waals surface area contributed by atoms with E-state index in [-0.39, 0.29) is 23.3 Å². The third-order valence-corrected chi connectivity index (χ3v) is 6.37. The standard InChI is InChI=1S/C25H29N5O3S/c1-16(2)33-13-7-12-29-23(32)19-8-5-6-9-21(19)30-24(29)27-28-25(30)34-15-22(31)26-20-11-10-17(3)14-18(20)4/h5-6,8-11,14,16H,7,12-13,15H2,1-4H3,(H,26,31). The second-order valence-electron chi connectivity index (χ2n) is 8.52. The highest BCUT2D eigenvalue weighted by molar-refractivity contribution is 7.99. The van der Waals surface area contributed by atoms with Crippen LogP contribution >= 0.6 is 11.8 Å². The van der Waals surface area contributed by atoms with Crippen LogP contribution in [0.1, 0.15) is 31.4 Å². The van der Waals surface area contributed by atoms with Gasteiger partial charge in [0.15, 0.2) is 5.16 Å². The highest BCUT2D eigenvalue weighted by Gasteiger charge is 2.17. The second kappa shape index (κ2) is 10.4. The number of fused-ring (bicyclic) bond motifs is 3. The Morgan fingerprint density at radius 1 is 1.15 bits per heavy atom. The summed E-state index contributed by atoms with van der Waals surface area (Å²) in [7, 11) is 0. The molecule has 1 amide bonds. The van der Waals surface area contributed by atoms with Crippen molar-refractivity contribution in [2.45, 2.75) is 51.9 Å². The number of amides is 1. The molecule has 4 rings (SSSR count). The van der Waals surface area contributed by atoms with E-state index < -0.39 is 0 Å². The van der Waals surface area contributed by atoms with E-state index in [1.807, 2.05) is 68.5 Å². The molecule has 0 aliphatic rings. The molecule has 0 spiro atoms. The van der Waals surface area contributed by atoms with Gasteiger partial charge in [0.25, 0.3) is 5.56 Å². The van der Waals surface area contributed by atoms with Crippen LogP contribution in [0.15, 0.2) is 52.4 Å². The zero-order chi connectivity index (χ0) is 24.2. The van der Waals surface area contributed by atoms with Crippen LogP contribution in [-0.4, -0.2) is 43.5 Å². The number of carbonyl (C=O) groups is 1. The lowest BCUT2D eigenvalue weighted by Gasteiger charge is -2.12. The molecule has 0 atom stereocenters. The van der Waals surface area contributed by atoms with Gasteiger partial charge in [0.1, 0.15) is 0 Å². The van der Waals surface area contributed by atoms with Gasteiger partial charge in [-0.1, -0.05) is 41.6 Å². The molecule has 178 valence electrons. The van der Waals surface area contributed by atoms with Crippen LogP contribution in [0.4, 0.5) is 5.69 Å². The summed E-state index contributed by atoms with van der Waals surface area (Å²) in [6.45, 7) is 8.98. The number of rotatable bonds is 9. The minimum atomic E-state index is -0.128.